The van der Waals surface area contributed by atoms with E-state index >= 15 is 0 Å². The summed E-state index contributed by atoms with van der Waals surface area (Å²) in [5, 5.41) is 13.8. The summed E-state index contributed by atoms with van der Waals surface area (Å²) in [6.07, 6.45) is 0. The van der Waals surface area contributed by atoms with Crippen LogP contribution in [0.4, 0.5) is 0 Å². The molecule has 0 aromatic rings. The van der Waals surface area contributed by atoms with Crippen molar-refractivity contribution in [1.82, 2.24) is 0 Å². The monoisotopic (exact) mass is 174 g/mol. The first-order valence-corrected chi connectivity index (χ1v) is 0.988. The zero-order valence-corrected chi connectivity index (χ0v) is 5.46. The van der Waals surface area contributed by atoms with Crippen LogP contribution in [0.3, 0.4) is 0 Å². The first-order chi connectivity index (χ1) is 2.83. The van der Waals surface area contributed by atoms with Crippen LogP contribution in [0.15, 0.2) is 0 Å². The third-order valence-electron chi connectivity index (χ3n) is 0. The molecule has 44 valence electrons. The van der Waals surface area contributed by atoms with Crippen LogP contribution in [0.5, 0.6) is 0 Å². The summed E-state index contributed by atoms with van der Waals surface area (Å²) in [4.78, 5) is 16.7. The number of carboxylic acid groups (broad SMARTS) is 2. The summed E-state index contributed by atoms with van der Waals surface area (Å²) in [5.41, 5.74) is 0. The van der Waals surface area contributed by atoms with Gasteiger partial charge in [0.05, 0.1) is 0 Å². The summed E-state index contributed by atoms with van der Waals surface area (Å²) in [6.45, 7) is -0.500. The molecule has 2 N–H and O–H groups in total. The van der Waals surface area contributed by atoms with Gasteiger partial charge in [0.15, 0.2) is 0 Å². The fourth-order valence-electron chi connectivity index (χ4n) is 0. The molecule has 0 aliphatic heterocycles. The van der Waals surface area contributed by atoms with Gasteiger partial charge in [0.25, 0.3) is 12.9 Å². The van der Waals surface area contributed by atoms with Crippen LogP contribution in [-0.4, -0.2) is 40.2 Å². The Morgan fingerprint density at radius 1 is 1.00 bits per heavy atom. The molecule has 5 heteroatoms. The van der Waals surface area contributed by atoms with E-state index in [1.54, 1.807) is 0 Å². The molecule has 0 saturated carbocycles. The molecule has 0 spiro atoms. The van der Waals surface area contributed by atoms with Gasteiger partial charge in [-0.3, -0.25) is 9.59 Å². The van der Waals surface area contributed by atoms with Gasteiger partial charge in [0.1, 0.15) is 0 Å². The molecule has 0 atom stereocenters. The average molecular weight is 173 g/mol. The van der Waals surface area contributed by atoms with Crippen molar-refractivity contribution in [2.24, 2.45) is 0 Å². The van der Waals surface area contributed by atoms with Crippen molar-refractivity contribution in [1.29, 1.82) is 0 Å². The van der Waals surface area contributed by atoms with Gasteiger partial charge in [-0.15, -0.1) is 0 Å². The number of hydrogen-bond acceptors (Lipinski definition) is 2. The van der Waals surface area contributed by atoms with Crippen molar-refractivity contribution in [2.75, 3.05) is 0 Å². The van der Waals surface area contributed by atoms with E-state index in [0.29, 0.717) is 0 Å². The third kappa shape index (κ3) is 224. The summed E-state index contributed by atoms with van der Waals surface area (Å²) < 4.78 is 0. The summed E-state index contributed by atoms with van der Waals surface area (Å²) >= 11 is 0. The molecule has 0 aliphatic rings. The zero-order valence-electron chi connectivity index (χ0n) is 3.37. The Kier molecular flexibility index (Phi) is 117. The number of carbonyl (C=O) groups is 2. The molecule has 7 heavy (non-hydrogen) atoms. The summed E-state index contributed by atoms with van der Waals surface area (Å²) in [7, 11) is 0. The van der Waals surface area contributed by atoms with Crippen molar-refractivity contribution < 1.29 is 19.8 Å². The summed E-state index contributed by atoms with van der Waals surface area (Å²) in [6, 6.07) is 0. The maximum atomic E-state index is 8.36. The van der Waals surface area contributed by atoms with Crippen LogP contribution in [0, 0.1) is 0 Å². The van der Waals surface area contributed by atoms with Crippen LogP contribution in [-0.2, 0) is 9.59 Å². The van der Waals surface area contributed by atoms with Crippen molar-refractivity contribution in [3.05, 3.63) is 0 Å². The number of hydrogen-bond donors (Lipinski definition) is 2. The van der Waals surface area contributed by atoms with Crippen molar-refractivity contribution in [2.45, 2.75) is 0 Å². The Hall–Kier alpha value is -0.541. The molecule has 0 bridgehead atoms. The molecule has 0 rings (SSSR count). The van der Waals surface area contributed by atoms with Gasteiger partial charge in [-0.25, -0.2) is 0 Å². The predicted octanol–water partition coefficient (Wildman–Crippen LogP) is -1.51. The average Bonchev–Trinajstić information content (AvgIpc) is 1.39. The molecule has 0 aromatic carbocycles. The fraction of sp³-hybridized carbons (Fsp3) is 0. The normalized spacial score (nSPS) is 3.43. The molecular formula is C2H6O4Se. The quantitative estimate of drug-likeness (QED) is 0.344. The van der Waals surface area contributed by atoms with Crippen molar-refractivity contribution >= 4 is 30.0 Å². The second-order valence-electron chi connectivity index (χ2n) is 0.211. The fourth-order valence-corrected chi connectivity index (χ4v) is 0. The molecule has 0 heterocycles. The van der Waals surface area contributed by atoms with Crippen molar-refractivity contribution in [3.8, 4) is 0 Å². The minimum absolute atomic E-state index is 0. The Labute approximate surface area is 50.6 Å². The Morgan fingerprint density at radius 2 is 1.00 bits per heavy atom. The van der Waals surface area contributed by atoms with Crippen LogP contribution in [0.1, 0.15) is 0 Å². The summed E-state index contributed by atoms with van der Waals surface area (Å²) in [5.74, 6) is 0. The van der Waals surface area contributed by atoms with E-state index in [1.165, 1.54) is 0 Å². The van der Waals surface area contributed by atoms with Crippen LogP contribution in [0.25, 0.3) is 0 Å². The standard InChI is InChI=1S/2CH2O2.H2Se/c2*2-1-3;/h2*1H,(H,2,3);1H2. The first kappa shape index (κ1) is 16.1. The van der Waals surface area contributed by atoms with E-state index in [2.05, 4.69) is 0 Å². The van der Waals surface area contributed by atoms with Gasteiger partial charge in [0, 0.05) is 0 Å². The van der Waals surface area contributed by atoms with E-state index < -0.39 is 0 Å². The molecule has 0 unspecified atom stereocenters. The third-order valence-corrected chi connectivity index (χ3v) is 0. The van der Waals surface area contributed by atoms with Gasteiger partial charge < -0.3 is 10.2 Å². The molecule has 0 fully saturated rings. The zero-order chi connectivity index (χ0) is 5.41. The Bertz CT molecular complexity index is 30.7. The van der Waals surface area contributed by atoms with Crippen LogP contribution in [0.2, 0.25) is 0 Å². The second-order valence-corrected chi connectivity index (χ2v) is 0.211. The molecule has 0 amide bonds. The number of rotatable bonds is 0. The topological polar surface area (TPSA) is 74.6 Å². The van der Waals surface area contributed by atoms with E-state index in [4.69, 9.17) is 19.8 Å². The Morgan fingerprint density at radius 3 is 1.00 bits per heavy atom. The van der Waals surface area contributed by atoms with E-state index in [-0.39, 0.29) is 30.0 Å². The molecular weight excluding hydrogens is 167 g/mol. The molecule has 0 radical (unpaired) electrons. The van der Waals surface area contributed by atoms with Crippen LogP contribution < -0.4 is 0 Å². The molecule has 0 saturated heterocycles. The van der Waals surface area contributed by atoms with Gasteiger partial charge in [-0.2, -0.15) is 0 Å². The van der Waals surface area contributed by atoms with Gasteiger partial charge in [-0.05, 0) is 0 Å². The van der Waals surface area contributed by atoms with Crippen LogP contribution >= 0.6 is 0 Å². The molecule has 4 nitrogen and oxygen atoms in total. The van der Waals surface area contributed by atoms with E-state index in [1.807, 2.05) is 0 Å². The Balaban J connectivity index is -0.0000000400. The van der Waals surface area contributed by atoms with E-state index in [0.717, 1.165) is 0 Å². The minimum atomic E-state index is -0.250. The predicted molar refractivity (Wildman–Crippen MR) is 25.9 cm³/mol. The molecule has 0 aliphatic carbocycles. The molecule has 0 aromatic heterocycles. The van der Waals surface area contributed by atoms with E-state index in [9.17, 15) is 0 Å². The van der Waals surface area contributed by atoms with Gasteiger partial charge in [-0.1, -0.05) is 0 Å². The van der Waals surface area contributed by atoms with Gasteiger partial charge >= 0.3 is 17.1 Å². The van der Waals surface area contributed by atoms with Gasteiger partial charge in [0.2, 0.25) is 0 Å². The SMILES string of the molecule is O=CO.O=CO.[SeH2]. The van der Waals surface area contributed by atoms with Crippen molar-refractivity contribution in [3.63, 3.8) is 0 Å². The second kappa shape index (κ2) is 51.0. The first-order valence-electron chi connectivity index (χ1n) is 0.988. The maximum absolute atomic E-state index is 8.36.